The number of benzene rings is 2. The molecule has 0 aromatic heterocycles. The van der Waals surface area contributed by atoms with Gasteiger partial charge in [0.25, 0.3) is 5.91 Å². The summed E-state index contributed by atoms with van der Waals surface area (Å²) in [5.41, 5.74) is 0.282. The minimum Gasteiger partial charge on any atom is -0.497 e. The minimum absolute atomic E-state index is 0.103. The lowest BCUT2D eigenvalue weighted by Gasteiger charge is -2.18. The van der Waals surface area contributed by atoms with E-state index in [1.807, 2.05) is 0 Å². The predicted molar refractivity (Wildman–Crippen MR) is 90.2 cm³/mol. The van der Waals surface area contributed by atoms with Crippen molar-refractivity contribution in [3.63, 3.8) is 0 Å². The highest BCUT2D eigenvalue weighted by Gasteiger charge is 2.24. The fraction of sp³-hybridized carbons (Fsp3) is 0.222. The van der Waals surface area contributed by atoms with Crippen LogP contribution in [0, 0.1) is 11.6 Å². The summed E-state index contributed by atoms with van der Waals surface area (Å²) in [5, 5.41) is 4.88. The number of hydrogen-bond acceptors (Lipinski definition) is 4. The topological polar surface area (TPSA) is 76.7 Å². The molecule has 0 aliphatic carbocycles. The SMILES string of the molecule is CNC(=O)C(NC(=O)c1cc(OC)cc(OC)c1)c1ccc(F)c(F)c1. The van der Waals surface area contributed by atoms with E-state index in [0.29, 0.717) is 11.5 Å². The van der Waals surface area contributed by atoms with Crippen LogP contribution in [0.25, 0.3) is 0 Å². The van der Waals surface area contributed by atoms with Gasteiger partial charge in [-0.1, -0.05) is 6.07 Å². The Hall–Kier alpha value is -3.16. The Balaban J connectivity index is 2.35. The third kappa shape index (κ3) is 4.27. The highest BCUT2D eigenvalue weighted by molar-refractivity contribution is 5.98. The summed E-state index contributed by atoms with van der Waals surface area (Å²) in [5.74, 6) is -2.58. The number of ether oxygens (including phenoxy) is 2. The Morgan fingerprint density at radius 2 is 1.58 bits per heavy atom. The van der Waals surface area contributed by atoms with Gasteiger partial charge in [0.15, 0.2) is 11.6 Å². The largest absolute Gasteiger partial charge is 0.497 e. The number of methoxy groups -OCH3 is 2. The number of rotatable bonds is 6. The van der Waals surface area contributed by atoms with Crippen molar-refractivity contribution in [1.29, 1.82) is 0 Å². The van der Waals surface area contributed by atoms with E-state index in [1.165, 1.54) is 39.5 Å². The van der Waals surface area contributed by atoms with Crippen molar-refractivity contribution in [1.82, 2.24) is 10.6 Å². The molecule has 1 unspecified atom stereocenters. The number of likely N-dealkylation sites (N-methyl/N-ethyl adjacent to an activating group) is 1. The first-order valence-corrected chi connectivity index (χ1v) is 7.60. The van der Waals surface area contributed by atoms with Crippen LogP contribution in [0.15, 0.2) is 36.4 Å². The molecule has 2 aromatic rings. The van der Waals surface area contributed by atoms with E-state index < -0.39 is 29.5 Å². The van der Waals surface area contributed by atoms with Crippen molar-refractivity contribution in [3.05, 3.63) is 59.2 Å². The van der Waals surface area contributed by atoms with E-state index in [9.17, 15) is 18.4 Å². The van der Waals surface area contributed by atoms with Gasteiger partial charge in [-0.2, -0.15) is 0 Å². The van der Waals surface area contributed by atoms with E-state index in [4.69, 9.17) is 9.47 Å². The maximum atomic E-state index is 13.5. The number of amides is 2. The Bertz CT molecular complexity index is 805. The summed E-state index contributed by atoms with van der Waals surface area (Å²) in [6, 6.07) is 6.28. The number of nitrogens with one attached hydrogen (secondary N) is 2. The summed E-state index contributed by atoms with van der Waals surface area (Å²) in [6.45, 7) is 0. The zero-order chi connectivity index (χ0) is 19.3. The number of carbonyl (C=O) groups excluding carboxylic acids is 2. The van der Waals surface area contributed by atoms with Crippen LogP contribution < -0.4 is 20.1 Å². The van der Waals surface area contributed by atoms with Gasteiger partial charge in [0, 0.05) is 18.7 Å². The van der Waals surface area contributed by atoms with E-state index in [1.54, 1.807) is 6.07 Å². The molecule has 2 aromatic carbocycles. The number of carbonyl (C=O) groups is 2. The van der Waals surface area contributed by atoms with Crippen LogP contribution in [0.4, 0.5) is 8.78 Å². The average molecular weight is 364 g/mol. The van der Waals surface area contributed by atoms with Crippen LogP contribution in [-0.4, -0.2) is 33.1 Å². The fourth-order valence-corrected chi connectivity index (χ4v) is 2.29. The molecular weight excluding hydrogens is 346 g/mol. The molecule has 0 spiro atoms. The molecule has 0 aliphatic rings. The molecule has 8 heteroatoms. The standard InChI is InChI=1S/C18H18F2N2O4/c1-21-18(24)16(10-4-5-14(19)15(20)8-10)22-17(23)11-6-12(25-2)9-13(7-11)26-3/h4-9,16H,1-3H3,(H,21,24)(H,22,23). The monoisotopic (exact) mass is 364 g/mol. The quantitative estimate of drug-likeness (QED) is 0.824. The molecule has 1 atom stereocenters. The van der Waals surface area contributed by atoms with Gasteiger partial charge in [0.05, 0.1) is 14.2 Å². The van der Waals surface area contributed by atoms with Gasteiger partial charge in [0.1, 0.15) is 17.5 Å². The molecule has 0 bridgehead atoms. The van der Waals surface area contributed by atoms with Gasteiger partial charge in [-0.15, -0.1) is 0 Å². The van der Waals surface area contributed by atoms with Crippen molar-refractivity contribution in [3.8, 4) is 11.5 Å². The smallest absolute Gasteiger partial charge is 0.252 e. The molecule has 0 aliphatic heterocycles. The van der Waals surface area contributed by atoms with Crippen LogP contribution >= 0.6 is 0 Å². The third-order valence-electron chi connectivity index (χ3n) is 3.67. The van der Waals surface area contributed by atoms with Crippen molar-refractivity contribution >= 4 is 11.8 Å². The van der Waals surface area contributed by atoms with Gasteiger partial charge in [-0.25, -0.2) is 8.78 Å². The maximum absolute atomic E-state index is 13.5. The van der Waals surface area contributed by atoms with Crippen LogP contribution in [0.2, 0.25) is 0 Å². The van der Waals surface area contributed by atoms with Crippen LogP contribution in [-0.2, 0) is 4.79 Å². The zero-order valence-electron chi connectivity index (χ0n) is 14.4. The van der Waals surface area contributed by atoms with Gasteiger partial charge < -0.3 is 20.1 Å². The zero-order valence-corrected chi connectivity index (χ0v) is 14.4. The third-order valence-corrected chi connectivity index (χ3v) is 3.67. The van der Waals surface area contributed by atoms with Gasteiger partial charge in [-0.05, 0) is 29.8 Å². The first kappa shape index (κ1) is 19.2. The molecule has 6 nitrogen and oxygen atoms in total. The van der Waals surface area contributed by atoms with Crippen LogP contribution in [0.1, 0.15) is 22.0 Å². The van der Waals surface area contributed by atoms with E-state index >= 15 is 0 Å². The molecule has 26 heavy (non-hydrogen) atoms. The molecule has 2 rings (SSSR count). The Morgan fingerprint density at radius 1 is 0.962 bits per heavy atom. The second-order valence-corrected chi connectivity index (χ2v) is 5.30. The summed E-state index contributed by atoms with van der Waals surface area (Å²) >= 11 is 0. The number of hydrogen-bond donors (Lipinski definition) is 2. The van der Waals surface area contributed by atoms with Crippen molar-refractivity contribution in [2.45, 2.75) is 6.04 Å². The second-order valence-electron chi connectivity index (χ2n) is 5.30. The Kier molecular flexibility index (Phi) is 6.11. The van der Waals surface area contributed by atoms with E-state index in [2.05, 4.69) is 10.6 Å². The highest BCUT2D eigenvalue weighted by Crippen LogP contribution is 2.23. The van der Waals surface area contributed by atoms with Gasteiger partial charge in [0.2, 0.25) is 5.91 Å². The lowest BCUT2D eigenvalue weighted by molar-refractivity contribution is -0.122. The molecule has 138 valence electrons. The lowest BCUT2D eigenvalue weighted by atomic mass is 10.0. The summed E-state index contributed by atoms with van der Waals surface area (Å²) in [7, 11) is 4.24. The summed E-state index contributed by atoms with van der Waals surface area (Å²) < 4.78 is 36.9. The molecular formula is C18H18F2N2O4. The number of halogens is 2. The van der Waals surface area contributed by atoms with Crippen molar-refractivity contribution in [2.75, 3.05) is 21.3 Å². The molecule has 0 saturated heterocycles. The highest BCUT2D eigenvalue weighted by atomic mass is 19.2. The normalized spacial score (nSPS) is 11.4. The summed E-state index contributed by atoms with van der Waals surface area (Å²) in [6.07, 6.45) is 0. The van der Waals surface area contributed by atoms with E-state index in [0.717, 1.165) is 12.1 Å². The second kappa shape index (κ2) is 8.28. The maximum Gasteiger partial charge on any atom is 0.252 e. The molecule has 2 amide bonds. The van der Waals surface area contributed by atoms with Crippen molar-refractivity contribution < 1.29 is 27.8 Å². The molecule has 0 radical (unpaired) electrons. The Morgan fingerprint density at radius 3 is 2.08 bits per heavy atom. The first-order valence-electron chi connectivity index (χ1n) is 7.60. The average Bonchev–Trinajstić information content (AvgIpc) is 2.66. The van der Waals surface area contributed by atoms with Crippen LogP contribution in [0.3, 0.4) is 0 Å². The molecule has 0 fully saturated rings. The van der Waals surface area contributed by atoms with Crippen LogP contribution in [0.5, 0.6) is 11.5 Å². The lowest BCUT2D eigenvalue weighted by Crippen LogP contribution is -2.39. The molecule has 0 saturated carbocycles. The summed E-state index contributed by atoms with van der Waals surface area (Å²) in [4.78, 5) is 24.7. The Labute approximate surface area is 149 Å². The molecule has 2 N–H and O–H groups in total. The van der Waals surface area contributed by atoms with Gasteiger partial charge >= 0.3 is 0 Å². The fourth-order valence-electron chi connectivity index (χ4n) is 2.29. The first-order chi connectivity index (χ1) is 12.4. The minimum atomic E-state index is -1.21. The predicted octanol–water partition coefficient (Wildman–Crippen LogP) is 2.20. The van der Waals surface area contributed by atoms with E-state index in [-0.39, 0.29) is 11.1 Å². The van der Waals surface area contributed by atoms with Gasteiger partial charge in [-0.3, -0.25) is 9.59 Å². The van der Waals surface area contributed by atoms with Crippen molar-refractivity contribution in [2.24, 2.45) is 0 Å². The molecule has 0 heterocycles.